The van der Waals surface area contributed by atoms with Crippen LogP contribution in [0.4, 0.5) is 4.79 Å². The van der Waals surface area contributed by atoms with Crippen LogP contribution in [0.2, 0.25) is 0 Å². The molecule has 2 atom stereocenters. The highest BCUT2D eigenvalue weighted by atomic mass is 16.4. The zero-order chi connectivity index (χ0) is 13.5. The first kappa shape index (κ1) is 14.3. The maximum Gasteiger partial charge on any atom is 0.314 e. The Morgan fingerprint density at radius 1 is 1.50 bits per heavy atom. The van der Waals surface area contributed by atoms with Crippen molar-refractivity contribution in [3.8, 4) is 0 Å². The summed E-state index contributed by atoms with van der Waals surface area (Å²) < 4.78 is 0. The van der Waals surface area contributed by atoms with Gasteiger partial charge in [0.05, 0.1) is 0 Å². The molecule has 1 heterocycles. The van der Waals surface area contributed by atoms with Crippen LogP contribution in [0.3, 0.4) is 0 Å². The molecule has 2 unspecified atom stereocenters. The van der Waals surface area contributed by atoms with E-state index in [0.717, 1.165) is 6.42 Å². The molecule has 1 rings (SSSR count). The van der Waals surface area contributed by atoms with E-state index in [1.54, 1.807) is 6.92 Å². The van der Waals surface area contributed by atoms with Gasteiger partial charge in [-0.05, 0) is 12.3 Å². The van der Waals surface area contributed by atoms with E-state index >= 15 is 0 Å². The molecule has 0 saturated carbocycles. The Morgan fingerprint density at radius 3 is 2.78 bits per heavy atom. The van der Waals surface area contributed by atoms with E-state index in [-0.39, 0.29) is 30.3 Å². The second-order valence-electron chi connectivity index (χ2n) is 4.60. The van der Waals surface area contributed by atoms with Crippen LogP contribution in [-0.2, 0) is 9.59 Å². The molecule has 0 radical (unpaired) electrons. The van der Waals surface area contributed by atoms with Crippen LogP contribution in [-0.4, -0.2) is 42.1 Å². The average molecular weight is 257 g/mol. The van der Waals surface area contributed by atoms with Gasteiger partial charge in [0.15, 0.2) is 0 Å². The third-order valence-electron chi connectivity index (χ3n) is 2.73. The summed E-state index contributed by atoms with van der Waals surface area (Å²) in [5.74, 6) is -0.977. The number of rotatable bonds is 6. The third-order valence-corrected chi connectivity index (χ3v) is 2.73. The van der Waals surface area contributed by atoms with E-state index in [4.69, 9.17) is 5.11 Å². The minimum absolute atomic E-state index is 0.000284. The Balaban J connectivity index is 2.10. The Morgan fingerprint density at radius 2 is 2.22 bits per heavy atom. The number of urea groups is 1. The number of nitrogens with one attached hydrogen (secondary N) is 3. The van der Waals surface area contributed by atoms with Crippen LogP contribution in [0.1, 0.15) is 26.2 Å². The summed E-state index contributed by atoms with van der Waals surface area (Å²) in [6.45, 7) is 2.46. The fourth-order valence-corrected chi connectivity index (χ4v) is 1.75. The Hall–Kier alpha value is -1.79. The van der Waals surface area contributed by atoms with E-state index in [0.29, 0.717) is 19.5 Å². The van der Waals surface area contributed by atoms with Crippen molar-refractivity contribution in [1.29, 1.82) is 0 Å². The minimum atomic E-state index is -0.877. The number of carboxylic acids is 1. The quantitative estimate of drug-likeness (QED) is 0.522. The second-order valence-corrected chi connectivity index (χ2v) is 4.60. The van der Waals surface area contributed by atoms with Gasteiger partial charge >= 0.3 is 12.0 Å². The van der Waals surface area contributed by atoms with Crippen molar-refractivity contribution < 1.29 is 19.5 Å². The molecule has 18 heavy (non-hydrogen) atoms. The van der Waals surface area contributed by atoms with Crippen molar-refractivity contribution in [2.45, 2.75) is 32.2 Å². The topological polar surface area (TPSA) is 108 Å². The van der Waals surface area contributed by atoms with Gasteiger partial charge in [0.25, 0.3) is 0 Å². The summed E-state index contributed by atoms with van der Waals surface area (Å²) in [7, 11) is 0. The third kappa shape index (κ3) is 5.51. The number of amides is 3. The first-order chi connectivity index (χ1) is 8.47. The predicted octanol–water partition coefficient (Wildman–Crippen LogP) is -0.325. The van der Waals surface area contributed by atoms with Gasteiger partial charge in [-0.15, -0.1) is 0 Å². The normalized spacial score (nSPS) is 20.1. The van der Waals surface area contributed by atoms with Crippen molar-refractivity contribution in [2.75, 3.05) is 13.1 Å². The van der Waals surface area contributed by atoms with Crippen molar-refractivity contribution in [3.05, 3.63) is 0 Å². The fourth-order valence-electron chi connectivity index (χ4n) is 1.75. The van der Waals surface area contributed by atoms with E-state index in [1.165, 1.54) is 0 Å². The largest absolute Gasteiger partial charge is 0.481 e. The van der Waals surface area contributed by atoms with Crippen LogP contribution in [0, 0.1) is 5.92 Å². The zero-order valence-corrected chi connectivity index (χ0v) is 10.4. The first-order valence-corrected chi connectivity index (χ1v) is 6.00. The molecule has 0 aliphatic carbocycles. The lowest BCUT2D eigenvalue weighted by Crippen LogP contribution is -2.44. The molecule has 0 bridgehead atoms. The number of hydrogen-bond donors (Lipinski definition) is 4. The summed E-state index contributed by atoms with van der Waals surface area (Å²) in [5.41, 5.74) is 0. The van der Waals surface area contributed by atoms with Gasteiger partial charge in [-0.3, -0.25) is 9.59 Å². The molecule has 3 amide bonds. The van der Waals surface area contributed by atoms with Crippen LogP contribution >= 0.6 is 0 Å². The number of hydrogen-bond acceptors (Lipinski definition) is 3. The van der Waals surface area contributed by atoms with Gasteiger partial charge < -0.3 is 21.1 Å². The average Bonchev–Trinajstić information content (AvgIpc) is 2.69. The molecule has 1 aliphatic heterocycles. The predicted molar refractivity (Wildman–Crippen MR) is 64.0 cm³/mol. The molecular weight excluding hydrogens is 238 g/mol. The smallest absolute Gasteiger partial charge is 0.314 e. The molecule has 0 aromatic carbocycles. The molecule has 7 nitrogen and oxygen atoms in total. The minimum Gasteiger partial charge on any atom is -0.481 e. The second kappa shape index (κ2) is 6.83. The molecular formula is C11H19N3O4. The summed E-state index contributed by atoms with van der Waals surface area (Å²) in [5, 5.41) is 16.5. The molecule has 7 heteroatoms. The van der Waals surface area contributed by atoms with Gasteiger partial charge in [-0.1, -0.05) is 6.92 Å². The standard InChI is InChI=1S/C11H19N3O4/c1-7(4-10(16)17)5-12-11(18)13-6-8-2-3-9(15)14-8/h7-8H,2-6H2,1H3,(H,14,15)(H,16,17)(H2,12,13,18). The highest BCUT2D eigenvalue weighted by molar-refractivity contribution is 5.79. The molecule has 0 aromatic heterocycles. The van der Waals surface area contributed by atoms with Crippen molar-refractivity contribution in [1.82, 2.24) is 16.0 Å². The van der Waals surface area contributed by atoms with E-state index in [9.17, 15) is 14.4 Å². The van der Waals surface area contributed by atoms with Crippen molar-refractivity contribution >= 4 is 17.9 Å². The molecule has 0 aromatic rings. The van der Waals surface area contributed by atoms with Crippen LogP contribution < -0.4 is 16.0 Å². The summed E-state index contributed by atoms with van der Waals surface area (Å²) in [4.78, 5) is 32.7. The number of aliphatic carboxylic acids is 1. The lowest BCUT2D eigenvalue weighted by molar-refractivity contribution is -0.137. The van der Waals surface area contributed by atoms with Gasteiger partial charge in [0.2, 0.25) is 5.91 Å². The van der Waals surface area contributed by atoms with Crippen LogP contribution in [0.15, 0.2) is 0 Å². The molecule has 4 N–H and O–H groups in total. The maximum atomic E-state index is 11.4. The van der Waals surface area contributed by atoms with Crippen LogP contribution in [0.25, 0.3) is 0 Å². The Labute approximate surface area is 105 Å². The number of carbonyl (C=O) groups excluding carboxylic acids is 2. The maximum absolute atomic E-state index is 11.4. The Bertz CT molecular complexity index is 332. The molecule has 1 aliphatic rings. The summed E-state index contributed by atoms with van der Waals surface area (Å²) in [6, 6.07) is -0.340. The summed E-state index contributed by atoms with van der Waals surface area (Å²) >= 11 is 0. The highest BCUT2D eigenvalue weighted by Gasteiger charge is 2.20. The van der Waals surface area contributed by atoms with Crippen molar-refractivity contribution in [2.24, 2.45) is 5.92 Å². The first-order valence-electron chi connectivity index (χ1n) is 6.00. The lowest BCUT2D eigenvalue weighted by Gasteiger charge is -2.14. The van der Waals surface area contributed by atoms with E-state index < -0.39 is 5.97 Å². The zero-order valence-electron chi connectivity index (χ0n) is 10.4. The van der Waals surface area contributed by atoms with Gasteiger partial charge in [0.1, 0.15) is 0 Å². The SMILES string of the molecule is CC(CNC(=O)NCC1CCC(=O)N1)CC(=O)O. The monoisotopic (exact) mass is 257 g/mol. The van der Waals surface area contributed by atoms with Gasteiger partial charge in [0, 0.05) is 32.0 Å². The van der Waals surface area contributed by atoms with Gasteiger partial charge in [-0.2, -0.15) is 0 Å². The highest BCUT2D eigenvalue weighted by Crippen LogP contribution is 2.04. The lowest BCUT2D eigenvalue weighted by atomic mass is 10.1. The Kier molecular flexibility index (Phi) is 5.41. The molecule has 1 fully saturated rings. The molecule has 1 saturated heterocycles. The van der Waals surface area contributed by atoms with Crippen LogP contribution in [0.5, 0.6) is 0 Å². The number of carboxylic acid groups (broad SMARTS) is 1. The van der Waals surface area contributed by atoms with Crippen molar-refractivity contribution in [3.63, 3.8) is 0 Å². The molecule has 0 spiro atoms. The molecule has 102 valence electrons. The number of carbonyl (C=O) groups is 3. The fraction of sp³-hybridized carbons (Fsp3) is 0.727. The van der Waals surface area contributed by atoms with E-state index in [1.807, 2.05) is 0 Å². The summed E-state index contributed by atoms with van der Waals surface area (Å²) in [6.07, 6.45) is 1.26. The van der Waals surface area contributed by atoms with Gasteiger partial charge in [-0.25, -0.2) is 4.79 Å². The van der Waals surface area contributed by atoms with E-state index in [2.05, 4.69) is 16.0 Å².